The van der Waals surface area contributed by atoms with E-state index >= 15 is 0 Å². The topological polar surface area (TPSA) is 94.9 Å². The molecule has 0 bridgehead atoms. The van der Waals surface area contributed by atoms with Crippen LogP contribution in [0, 0.1) is 5.41 Å². The van der Waals surface area contributed by atoms with Gasteiger partial charge in [-0.3, -0.25) is 9.35 Å². The molecule has 7 heteroatoms. The van der Waals surface area contributed by atoms with Crippen molar-refractivity contribution in [2.75, 3.05) is 4.31 Å². The zero-order valence-electron chi connectivity index (χ0n) is 11.5. The average molecular weight is 299 g/mol. The number of nitrogens with zero attached hydrogens (tertiary/aromatic N) is 1. The number of aromatic carboxylic acids is 1. The van der Waals surface area contributed by atoms with Gasteiger partial charge in [-0.1, -0.05) is 20.8 Å². The molecule has 0 spiro atoms. The summed E-state index contributed by atoms with van der Waals surface area (Å²) in [6.45, 7) is 5.17. The van der Waals surface area contributed by atoms with Gasteiger partial charge in [-0.15, -0.1) is 0 Å². The van der Waals surface area contributed by atoms with Crippen molar-refractivity contribution in [1.82, 2.24) is 0 Å². The van der Waals surface area contributed by atoms with Gasteiger partial charge >= 0.3 is 5.97 Å². The fourth-order valence-electron chi connectivity index (χ4n) is 1.44. The van der Waals surface area contributed by atoms with Crippen molar-refractivity contribution in [3.63, 3.8) is 0 Å². The molecule has 2 N–H and O–H groups in total. The minimum Gasteiger partial charge on any atom is -0.478 e. The summed E-state index contributed by atoms with van der Waals surface area (Å²) >= 11 is -2.51. The van der Waals surface area contributed by atoms with Gasteiger partial charge in [0.15, 0.2) is 0 Å². The largest absolute Gasteiger partial charge is 0.478 e. The lowest BCUT2D eigenvalue weighted by Gasteiger charge is -2.28. The molecule has 0 aliphatic heterocycles. The standard InChI is InChI=1S/C13H17NO5S/c1-4-13(2,3)12(17)14(20(18)19)10-7-5-9(6-8-10)11(15)16/h5-8H,4H2,1-3H3,(H,15,16)(H,18,19). The molecule has 1 atom stereocenters. The number of benzene rings is 1. The first kappa shape index (κ1) is 16.3. The van der Waals surface area contributed by atoms with Crippen molar-refractivity contribution in [2.24, 2.45) is 5.41 Å². The smallest absolute Gasteiger partial charge is 0.335 e. The maximum absolute atomic E-state index is 12.3. The molecule has 110 valence electrons. The number of amides is 1. The van der Waals surface area contributed by atoms with E-state index < -0.39 is 28.6 Å². The van der Waals surface area contributed by atoms with Crippen LogP contribution in [-0.2, 0) is 16.1 Å². The Morgan fingerprint density at radius 1 is 1.25 bits per heavy atom. The monoisotopic (exact) mass is 299 g/mol. The molecule has 1 rings (SSSR count). The molecule has 1 aromatic carbocycles. The molecule has 1 unspecified atom stereocenters. The van der Waals surface area contributed by atoms with Crippen molar-refractivity contribution >= 4 is 28.8 Å². The fraction of sp³-hybridized carbons (Fsp3) is 0.385. The predicted octanol–water partition coefficient (Wildman–Crippen LogP) is 2.29. The van der Waals surface area contributed by atoms with Gasteiger partial charge in [-0.05, 0) is 30.7 Å². The van der Waals surface area contributed by atoms with Crippen molar-refractivity contribution in [2.45, 2.75) is 27.2 Å². The number of hydrogen-bond acceptors (Lipinski definition) is 3. The van der Waals surface area contributed by atoms with Crippen LogP contribution in [-0.4, -0.2) is 25.7 Å². The number of anilines is 1. The summed E-state index contributed by atoms with van der Waals surface area (Å²) in [6.07, 6.45) is 0.507. The predicted molar refractivity (Wildman–Crippen MR) is 75.7 cm³/mol. The molecule has 0 aromatic heterocycles. The molecule has 0 heterocycles. The van der Waals surface area contributed by atoms with Gasteiger partial charge in [0.05, 0.1) is 11.3 Å². The molecular weight excluding hydrogens is 282 g/mol. The van der Waals surface area contributed by atoms with Crippen LogP contribution in [0.1, 0.15) is 37.6 Å². The molecule has 6 nitrogen and oxygen atoms in total. The molecule has 0 radical (unpaired) electrons. The van der Waals surface area contributed by atoms with Crippen LogP contribution in [0.5, 0.6) is 0 Å². The third-order valence-electron chi connectivity index (χ3n) is 3.15. The Morgan fingerprint density at radius 2 is 1.75 bits per heavy atom. The van der Waals surface area contributed by atoms with Gasteiger partial charge in [-0.25, -0.2) is 13.3 Å². The number of carbonyl (C=O) groups excluding carboxylic acids is 1. The second-order valence-corrected chi connectivity index (χ2v) is 5.75. The fourth-order valence-corrected chi connectivity index (χ4v) is 2.13. The number of rotatable bonds is 5. The number of carboxylic acids is 1. The van der Waals surface area contributed by atoms with Crippen molar-refractivity contribution in [1.29, 1.82) is 0 Å². The minimum atomic E-state index is -2.51. The Bertz CT molecular complexity index is 538. The van der Waals surface area contributed by atoms with Crippen LogP contribution in [0.3, 0.4) is 0 Å². The SMILES string of the molecule is CCC(C)(C)C(=O)N(c1ccc(C(=O)O)cc1)S(=O)O. The highest BCUT2D eigenvalue weighted by Gasteiger charge is 2.34. The van der Waals surface area contributed by atoms with Crippen LogP contribution < -0.4 is 4.31 Å². The Morgan fingerprint density at radius 3 is 2.10 bits per heavy atom. The molecule has 0 aliphatic rings. The minimum absolute atomic E-state index is 0.0413. The van der Waals surface area contributed by atoms with Gasteiger partial charge in [-0.2, -0.15) is 0 Å². The van der Waals surface area contributed by atoms with E-state index in [2.05, 4.69) is 0 Å². The Hall–Kier alpha value is -1.73. The highest BCUT2D eigenvalue weighted by molar-refractivity contribution is 7.81. The maximum atomic E-state index is 12.3. The average Bonchev–Trinajstić information content (AvgIpc) is 2.39. The van der Waals surface area contributed by atoms with Gasteiger partial charge in [0.25, 0.3) is 11.3 Å². The summed E-state index contributed by atoms with van der Waals surface area (Å²) in [6, 6.07) is 5.23. The van der Waals surface area contributed by atoms with Gasteiger partial charge in [0, 0.05) is 5.41 Å². The zero-order valence-corrected chi connectivity index (χ0v) is 12.3. The summed E-state index contributed by atoms with van der Waals surface area (Å²) in [5.41, 5.74) is -0.564. The third kappa shape index (κ3) is 3.43. The first-order valence-corrected chi connectivity index (χ1v) is 7.06. The summed E-state index contributed by atoms with van der Waals surface area (Å²) in [5.74, 6) is -1.60. The highest BCUT2D eigenvalue weighted by Crippen LogP contribution is 2.27. The van der Waals surface area contributed by atoms with Crippen LogP contribution >= 0.6 is 0 Å². The van der Waals surface area contributed by atoms with E-state index in [0.717, 1.165) is 4.31 Å². The lowest BCUT2D eigenvalue weighted by Crippen LogP contribution is -2.41. The van der Waals surface area contributed by atoms with E-state index in [0.29, 0.717) is 6.42 Å². The zero-order chi connectivity index (χ0) is 15.5. The molecule has 0 fully saturated rings. The molecule has 1 amide bonds. The van der Waals surface area contributed by atoms with Gasteiger partial charge < -0.3 is 5.11 Å². The summed E-state index contributed by atoms with van der Waals surface area (Å²) in [4.78, 5) is 23.1. The van der Waals surface area contributed by atoms with Crippen LogP contribution in [0.2, 0.25) is 0 Å². The number of carbonyl (C=O) groups is 2. The van der Waals surface area contributed by atoms with Crippen molar-refractivity contribution in [3.8, 4) is 0 Å². The number of hydrogen-bond donors (Lipinski definition) is 2. The maximum Gasteiger partial charge on any atom is 0.335 e. The first-order valence-electron chi connectivity index (χ1n) is 5.99. The van der Waals surface area contributed by atoms with E-state index in [1.807, 2.05) is 6.92 Å². The normalized spacial score (nSPS) is 12.8. The summed E-state index contributed by atoms with van der Waals surface area (Å²) < 4.78 is 21.5. The molecule has 20 heavy (non-hydrogen) atoms. The summed E-state index contributed by atoms with van der Waals surface area (Å²) in [5, 5.41) is 8.81. The van der Waals surface area contributed by atoms with Crippen LogP contribution in [0.4, 0.5) is 5.69 Å². The van der Waals surface area contributed by atoms with E-state index in [1.165, 1.54) is 24.3 Å². The number of carboxylic acid groups (broad SMARTS) is 1. The second-order valence-electron chi connectivity index (χ2n) is 4.92. The first-order chi connectivity index (χ1) is 9.20. The Kier molecular flexibility index (Phi) is 5.02. The van der Waals surface area contributed by atoms with E-state index in [4.69, 9.17) is 5.11 Å². The molecule has 0 saturated heterocycles. The second kappa shape index (κ2) is 6.15. The van der Waals surface area contributed by atoms with Crippen molar-refractivity contribution in [3.05, 3.63) is 29.8 Å². The summed E-state index contributed by atoms with van der Waals surface area (Å²) in [7, 11) is 0. The van der Waals surface area contributed by atoms with Crippen molar-refractivity contribution < 1.29 is 23.5 Å². The lowest BCUT2D eigenvalue weighted by atomic mass is 9.89. The Labute approximate surface area is 119 Å². The molecule has 0 aliphatic carbocycles. The van der Waals surface area contributed by atoms with Gasteiger partial charge in [0.2, 0.25) is 5.91 Å². The van der Waals surface area contributed by atoms with Crippen LogP contribution in [0.25, 0.3) is 0 Å². The van der Waals surface area contributed by atoms with E-state index in [-0.39, 0.29) is 11.3 Å². The van der Waals surface area contributed by atoms with Crippen LogP contribution in [0.15, 0.2) is 24.3 Å². The molecular formula is C13H17NO5S. The Balaban J connectivity index is 3.18. The lowest BCUT2D eigenvalue weighted by molar-refractivity contribution is -0.125. The molecule has 0 saturated carbocycles. The van der Waals surface area contributed by atoms with E-state index in [9.17, 15) is 18.4 Å². The molecule has 1 aromatic rings. The highest BCUT2D eigenvalue weighted by atomic mass is 32.2. The third-order valence-corrected chi connectivity index (χ3v) is 3.84. The quantitative estimate of drug-likeness (QED) is 0.813. The van der Waals surface area contributed by atoms with Gasteiger partial charge in [0.1, 0.15) is 0 Å². The van der Waals surface area contributed by atoms with E-state index in [1.54, 1.807) is 13.8 Å².